The van der Waals surface area contributed by atoms with E-state index >= 15 is 0 Å². The molecule has 0 radical (unpaired) electrons. The molecule has 0 bridgehead atoms. The van der Waals surface area contributed by atoms with Crippen molar-refractivity contribution in [2.24, 2.45) is 0 Å². The lowest BCUT2D eigenvalue weighted by Gasteiger charge is -2.19. The predicted molar refractivity (Wildman–Crippen MR) is 62.7 cm³/mol. The molecule has 0 unspecified atom stereocenters. The number of benzene rings is 1. The molecule has 4 heteroatoms. The van der Waals surface area contributed by atoms with Crippen LogP contribution in [0.15, 0.2) is 30.9 Å². The summed E-state index contributed by atoms with van der Waals surface area (Å²) >= 11 is 5.64. The number of hydrogen-bond donors (Lipinski definition) is 0. The van der Waals surface area contributed by atoms with Crippen molar-refractivity contribution in [3.8, 4) is 0 Å². The third-order valence-electron chi connectivity index (χ3n) is 2.17. The highest BCUT2D eigenvalue weighted by molar-refractivity contribution is 6.30. The van der Waals surface area contributed by atoms with Crippen LogP contribution in [0.1, 0.15) is 12.5 Å². The quantitative estimate of drug-likeness (QED) is 0.742. The normalized spacial score (nSPS) is 9.94. The maximum Gasteiger partial charge on any atom is 0.220 e. The van der Waals surface area contributed by atoms with Crippen molar-refractivity contribution >= 4 is 17.5 Å². The number of nitrogens with zero attached hydrogens (tertiary/aromatic N) is 1. The monoisotopic (exact) mass is 241 g/mol. The van der Waals surface area contributed by atoms with Gasteiger partial charge in [-0.15, -0.1) is 6.58 Å². The van der Waals surface area contributed by atoms with Gasteiger partial charge in [0.25, 0.3) is 0 Å². The molecule has 0 fully saturated rings. The zero-order chi connectivity index (χ0) is 12.1. The van der Waals surface area contributed by atoms with Gasteiger partial charge in [0, 0.05) is 30.6 Å². The van der Waals surface area contributed by atoms with E-state index in [0.29, 0.717) is 17.1 Å². The lowest BCUT2D eigenvalue weighted by Crippen LogP contribution is -2.28. The molecule has 1 aromatic rings. The lowest BCUT2D eigenvalue weighted by molar-refractivity contribution is -0.128. The summed E-state index contributed by atoms with van der Waals surface area (Å²) < 4.78 is 13.5. The molecule has 16 heavy (non-hydrogen) atoms. The van der Waals surface area contributed by atoms with Gasteiger partial charge in [0.1, 0.15) is 5.82 Å². The van der Waals surface area contributed by atoms with E-state index in [1.165, 1.54) is 17.9 Å². The van der Waals surface area contributed by atoms with Crippen molar-refractivity contribution in [2.75, 3.05) is 6.54 Å². The molecular weight excluding hydrogens is 229 g/mol. The van der Waals surface area contributed by atoms with Gasteiger partial charge in [0.2, 0.25) is 5.91 Å². The number of carbonyl (C=O) groups is 1. The van der Waals surface area contributed by atoms with Crippen molar-refractivity contribution in [3.63, 3.8) is 0 Å². The molecule has 0 spiro atoms. The van der Waals surface area contributed by atoms with Gasteiger partial charge in [-0.3, -0.25) is 4.79 Å². The predicted octanol–water partition coefficient (Wildman–Crippen LogP) is 3.01. The fourth-order valence-electron chi connectivity index (χ4n) is 1.32. The molecule has 0 aromatic heterocycles. The maximum absolute atomic E-state index is 13.5. The Bertz CT molecular complexity index is 406. The highest BCUT2D eigenvalue weighted by Gasteiger charge is 2.10. The van der Waals surface area contributed by atoms with Crippen molar-refractivity contribution in [2.45, 2.75) is 13.5 Å². The summed E-state index contributed by atoms with van der Waals surface area (Å²) in [5.74, 6) is -0.517. The van der Waals surface area contributed by atoms with E-state index in [1.54, 1.807) is 18.2 Å². The van der Waals surface area contributed by atoms with Gasteiger partial charge >= 0.3 is 0 Å². The van der Waals surface area contributed by atoms with Gasteiger partial charge in [0.05, 0.1) is 0 Å². The first-order valence-corrected chi connectivity index (χ1v) is 5.22. The molecule has 1 amide bonds. The third kappa shape index (κ3) is 3.35. The second-order valence-corrected chi connectivity index (χ2v) is 3.86. The van der Waals surface area contributed by atoms with Crippen LogP contribution in [-0.2, 0) is 11.3 Å². The number of rotatable bonds is 4. The molecule has 0 N–H and O–H groups in total. The van der Waals surface area contributed by atoms with Gasteiger partial charge in [-0.25, -0.2) is 4.39 Å². The fourth-order valence-corrected chi connectivity index (χ4v) is 1.47. The minimum atomic E-state index is -0.400. The molecule has 0 atom stereocenters. The van der Waals surface area contributed by atoms with Gasteiger partial charge in [-0.1, -0.05) is 23.7 Å². The summed E-state index contributed by atoms with van der Waals surface area (Å²) in [6.45, 7) is 5.62. The van der Waals surface area contributed by atoms with Crippen LogP contribution >= 0.6 is 11.6 Å². The van der Waals surface area contributed by atoms with Crippen molar-refractivity contribution in [1.82, 2.24) is 4.90 Å². The number of amides is 1. The van der Waals surface area contributed by atoms with Crippen LogP contribution in [0.5, 0.6) is 0 Å². The smallest absolute Gasteiger partial charge is 0.220 e. The second-order valence-electron chi connectivity index (χ2n) is 3.42. The Hall–Kier alpha value is -1.35. The molecule has 0 aliphatic heterocycles. The minimum absolute atomic E-state index is 0.116. The summed E-state index contributed by atoms with van der Waals surface area (Å²) in [6.07, 6.45) is 1.61. The fraction of sp³-hybridized carbons (Fsp3) is 0.250. The average molecular weight is 242 g/mol. The SMILES string of the molecule is C=CCN(Cc1ccc(Cl)cc1F)C(C)=O. The van der Waals surface area contributed by atoms with E-state index in [0.717, 1.165) is 0 Å². The Morgan fingerprint density at radius 3 is 2.81 bits per heavy atom. The van der Waals surface area contributed by atoms with Crippen molar-refractivity contribution < 1.29 is 9.18 Å². The Morgan fingerprint density at radius 1 is 1.62 bits per heavy atom. The first kappa shape index (κ1) is 12.7. The molecular formula is C12H13ClFNO. The van der Waals surface area contributed by atoms with Crippen LogP contribution in [0.3, 0.4) is 0 Å². The van der Waals surface area contributed by atoms with E-state index < -0.39 is 5.82 Å². The third-order valence-corrected chi connectivity index (χ3v) is 2.41. The summed E-state index contributed by atoms with van der Waals surface area (Å²) in [7, 11) is 0. The first-order chi connectivity index (χ1) is 7.54. The van der Waals surface area contributed by atoms with Crippen LogP contribution < -0.4 is 0 Å². The number of halogens is 2. The van der Waals surface area contributed by atoms with E-state index in [4.69, 9.17) is 11.6 Å². The van der Waals surface area contributed by atoms with Crippen LogP contribution in [-0.4, -0.2) is 17.4 Å². The summed E-state index contributed by atoms with van der Waals surface area (Å²) in [5.41, 5.74) is 0.446. The number of hydrogen-bond acceptors (Lipinski definition) is 1. The van der Waals surface area contributed by atoms with Gasteiger partial charge < -0.3 is 4.90 Å². The lowest BCUT2D eigenvalue weighted by atomic mass is 10.2. The van der Waals surface area contributed by atoms with E-state index in [2.05, 4.69) is 6.58 Å². The maximum atomic E-state index is 13.5. The standard InChI is InChI=1S/C12H13ClFNO/c1-3-6-15(9(2)16)8-10-4-5-11(13)7-12(10)14/h3-5,7H,1,6,8H2,2H3. The van der Waals surface area contributed by atoms with Crippen LogP contribution in [0, 0.1) is 5.82 Å². The van der Waals surface area contributed by atoms with Crippen molar-refractivity contribution in [3.05, 3.63) is 47.3 Å². The van der Waals surface area contributed by atoms with E-state index in [1.807, 2.05) is 0 Å². The Morgan fingerprint density at radius 2 is 2.31 bits per heavy atom. The molecule has 2 nitrogen and oxygen atoms in total. The highest BCUT2D eigenvalue weighted by atomic mass is 35.5. The van der Waals surface area contributed by atoms with E-state index in [9.17, 15) is 9.18 Å². The van der Waals surface area contributed by atoms with Crippen molar-refractivity contribution in [1.29, 1.82) is 0 Å². The molecule has 0 saturated carbocycles. The second kappa shape index (κ2) is 5.66. The highest BCUT2D eigenvalue weighted by Crippen LogP contribution is 2.16. The summed E-state index contributed by atoms with van der Waals surface area (Å²) in [5, 5.41) is 0.347. The van der Waals surface area contributed by atoms with Gasteiger partial charge in [-0.2, -0.15) is 0 Å². The molecule has 1 rings (SSSR count). The largest absolute Gasteiger partial charge is 0.335 e. The Balaban J connectivity index is 2.84. The Kier molecular flexibility index (Phi) is 4.50. The zero-order valence-electron chi connectivity index (χ0n) is 9.04. The topological polar surface area (TPSA) is 20.3 Å². The first-order valence-electron chi connectivity index (χ1n) is 4.85. The summed E-state index contributed by atoms with van der Waals surface area (Å²) in [6, 6.07) is 4.42. The molecule has 1 aromatic carbocycles. The van der Waals surface area contributed by atoms with Crippen LogP contribution in [0.25, 0.3) is 0 Å². The van der Waals surface area contributed by atoms with E-state index in [-0.39, 0.29) is 12.5 Å². The number of carbonyl (C=O) groups excluding carboxylic acids is 1. The van der Waals surface area contributed by atoms with Crippen LogP contribution in [0.4, 0.5) is 4.39 Å². The van der Waals surface area contributed by atoms with Gasteiger partial charge in [-0.05, 0) is 12.1 Å². The summed E-state index contributed by atoms with van der Waals surface area (Å²) in [4.78, 5) is 12.7. The van der Waals surface area contributed by atoms with Crippen LogP contribution in [0.2, 0.25) is 5.02 Å². The molecule has 86 valence electrons. The Labute approximate surface area is 99.3 Å². The minimum Gasteiger partial charge on any atom is -0.335 e. The average Bonchev–Trinajstić information content (AvgIpc) is 2.20. The molecule has 0 saturated heterocycles. The molecule has 0 aliphatic carbocycles. The molecule has 0 heterocycles. The molecule has 0 aliphatic rings. The zero-order valence-corrected chi connectivity index (χ0v) is 9.80. The van der Waals surface area contributed by atoms with Gasteiger partial charge in [0.15, 0.2) is 0 Å².